The molecule has 1 aromatic heterocycles. The highest BCUT2D eigenvalue weighted by Crippen LogP contribution is 2.34. The first-order valence-electron chi connectivity index (χ1n) is 9.54. The van der Waals surface area contributed by atoms with E-state index in [4.69, 9.17) is 0 Å². The third-order valence-corrected chi connectivity index (χ3v) is 5.94. The molecule has 0 bridgehead atoms. The van der Waals surface area contributed by atoms with Gasteiger partial charge in [-0.15, -0.1) is 10.2 Å². The Labute approximate surface area is 179 Å². The Hall–Kier alpha value is -3.27. The zero-order valence-corrected chi connectivity index (χ0v) is 17.0. The van der Waals surface area contributed by atoms with Gasteiger partial charge in [-0.2, -0.15) is 0 Å². The Morgan fingerprint density at radius 2 is 1.94 bits per heavy atom. The van der Waals surface area contributed by atoms with Crippen LogP contribution in [0.3, 0.4) is 0 Å². The van der Waals surface area contributed by atoms with E-state index in [0.717, 1.165) is 29.9 Å². The molecule has 1 fully saturated rings. The Kier molecular flexibility index (Phi) is 5.99. The van der Waals surface area contributed by atoms with Crippen molar-refractivity contribution in [3.63, 3.8) is 0 Å². The van der Waals surface area contributed by atoms with Gasteiger partial charge in [0.15, 0.2) is 11.6 Å². The zero-order chi connectivity index (χ0) is 22.0. The maximum atomic E-state index is 13.4. The fraction of sp³-hybridized carbons (Fsp3) is 0.238. The van der Waals surface area contributed by atoms with E-state index in [9.17, 15) is 22.8 Å². The Morgan fingerprint density at radius 3 is 2.71 bits per heavy atom. The normalized spacial score (nSPS) is 15.8. The van der Waals surface area contributed by atoms with Crippen molar-refractivity contribution in [3.8, 4) is 0 Å². The molecule has 1 saturated heterocycles. The lowest BCUT2D eigenvalue weighted by Gasteiger charge is -2.22. The number of amides is 2. The number of nitrogens with one attached hydrogen (secondary N) is 1. The van der Waals surface area contributed by atoms with Crippen molar-refractivity contribution in [3.05, 3.63) is 75.5 Å². The van der Waals surface area contributed by atoms with Crippen molar-refractivity contribution >= 4 is 28.8 Å². The summed E-state index contributed by atoms with van der Waals surface area (Å²) in [5.74, 6) is -3.25. The van der Waals surface area contributed by atoms with E-state index >= 15 is 0 Å². The number of carbonyl (C=O) groups excluding carboxylic acids is 2. The van der Waals surface area contributed by atoms with Gasteiger partial charge in [-0.25, -0.2) is 13.2 Å². The van der Waals surface area contributed by atoms with Crippen molar-refractivity contribution < 1.29 is 22.8 Å². The van der Waals surface area contributed by atoms with Gasteiger partial charge in [0.1, 0.15) is 10.8 Å². The minimum absolute atomic E-state index is 0.0455. The first-order valence-corrected chi connectivity index (χ1v) is 10.4. The quantitative estimate of drug-likeness (QED) is 0.640. The molecule has 0 saturated carbocycles. The predicted molar refractivity (Wildman–Crippen MR) is 108 cm³/mol. The van der Waals surface area contributed by atoms with Crippen molar-refractivity contribution in [1.82, 2.24) is 15.1 Å². The highest BCUT2D eigenvalue weighted by molar-refractivity contribution is 7.13. The van der Waals surface area contributed by atoms with E-state index in [0.29, 0.717) is 23.5 Å². The van der Waals surface area contributed by atoms with Crippen LogP contribution in [-0.4, -0.2) is 33.5 Å². The number of hydrogen-bond acceptors (Lipinski definition) is 5. The van der Waals surface area contributed by atoms with E-state index in [-0.39, 0.29) is 29.1 Å². The summed E-state index contributed by atoms with van der Waals surface area (Å²) in [6, 6.07) is 8.61. The first kappa shape index (κ1) is 21.0. The van der Waals surface area contributed by atoms with Crippen LogP contribution in [0.5, 0.6) is 0 Å². The average molecular weight is 446 g/mol. The fourth-order valence-electron chi connectivity index (χ4n) is 3.46. The van der Waals surface area contributed by atoms with Crippen LogP contribution >= 0.6 is 11.3 Å². The van der Waals surface area contributed by atoms with Gasteiger partial charge in [-0.1, -0.05) is 23.5 Å². The number of nitrogens with zero attached hydrogens (tertiary/aromatic N) is 3. The van der Waals surface area contributed by atoms with Crippen LogP contribution < -0.4 is 5.32 Å². The SMILES string of the molecule is O=C(Nc1ccc(F)c(F)c1)c1nnc([C@H]2CCCN2C(=O)Cc2cccc(F)c2)s1. The number of carbonyl (C=O) groups is 2. The molecule has 3 aromatic rings. The molecule has 10 heteroatoms. The number of anilines is 1. The number of halogens is 3. The van der Waals surface area contributed by atoms with Crippen molar-refractivity contribution in [2.45, 2.75) is 25.3 Å². The molecule has 0 spiro atoms. The highest BCUT2D eigenvalue weighted by Gasteiger charge is 2.33. The number of aromatic nitrogens is 2. The predicted octanol–water partition coefficient (Wildman–Crippen LogP) is 4.11. The first-order chi connectivity index (χ1) is 14.9. The Morgan fingerprint density at radius 1 is 1.10 bits per heavy atom. The molecule has 0 aliphatic carbocycles. The molecular formula is C21H17F3N4O2S. The largest absolute Gasteiger partial charge is 0.333 e. The smallest absolute Gasteiger partial charge is 0.286 e. The maximum Gasteiger partial charge on any atom is 0.286 e. The number of likely N-dealkylation sites (tertiary alicyclic amines) is 1. The van der Waals surface area contributed by atoms with Crippen LogP contribution in [-0.2, 0) is 11.2 Å². The molecule has 160 valence electrons. The summed E-state index contributed by atoms with van der Waals surface area (Å²) in [5, 5.41) is 11.0. The fourth-order valence-corrected chi connectivity index (χ4v) is 4.35. The van der Waals surface area contributed by atoms with E-state index in [2.05, 4.69) is 15.5 Å². The van der Waals surface area contributed by atoms with Crippen LogP contribution in [0, 0.1) is 17.5 Å². The van der Waals surface area contributed by atoms with Gasteiger partial charge in [0.2, 0.25) is 10.9 Å². The zero-order valence-electron chi connectivity index (χ0n) is 16.1. The summed E-state index contributed by atoms with van der Waals surface area (Å²) < 4.78 is 39.8. The molecule has 1 aliphatic rings. The van der Waals surface area contributed by atoms with Crippen LogP contribution in [0.25, 0.3) is 0 Å². The van der Waals surface area contributed by atoms with Gasteiger partial charge < -0.3 is 10.2 Å². The van der Waals surface area contributed by atoms with E-state index in [1.807, 2.05) is 0 Å². The van der Waals surface area contributed by atoms with Gasteiger partial charge in [0.05, 0.1) is 12.5 Å². The molecule has 4 rings (SSSR count). The van der Waals surface area contributed by atoms with Crippen molar-refractivity contribution in [2.75, 3.05) is 11.9 Å². The van der Waals surface area contributed by atoms with Crippen molar-refractivity contribution in [2.24, 2.45) is 0 Å². The second-order valence-corrected chi connectivity index (χ2v) is 8.09. The van der Waals surface area contributed by atoms with Gasteiger partial charge in [-0.3, -0.25) is 9.59 Å². The molecule has 0 unspecified atom stereocenters. The molecule has 31 heavy (non-hydrogen) atoms. The maximum absolute atomic E-state index is 13.4. The summed E-state index contributed by atoms with van der Waals surface area (Å²) >= 11 is 1.04. The molecule has 1 aliphatic heterocycles. The minimum Gasteiger partial charge on any atom is -0.333 e. The number of benzene rings is 2. The van der Waals surface area contributed by atoms with Gasteiger partial charge in [0.25, 0.3) is 5.91 Å². The third-order valence-electron chi connectivity index (χ3n) is 4.91. The van der Waals surface area contributed by atoms with E-state index < -0.39 is 23.4 Å². The summed E-state index contributed by atoms with van der Waals surface area (Å²) in [6.45, 7) is 0.536. The van der Waals surface area contributed by atoms with E-state index in [1.54, 1.807) is 17.0 Å². The van der Waals surface area contributed by atoms with Crippen LogP contribution in [0.1, 0.15) is 39.3 Å². The second-order valence-electron chi connectivity index (χ2n) is 7.08. The summed E-state index contributed by atoms with van der Waals surface area (Å²) in [7, 11) is 0. The highest BCUT2D eigenvalue weighted by atomic mass is 32.1. The molecule has 1 N–H and O–H groups in total. The summed E-state index contributed by atoms with van der Waals surface area (Å²) in [4.78, 5) is 26.8. The lowest BCUT2D eigenvalue weighted by atomic mass is 10.1. The Balaban J connectivity index is 1.45. The van der Waals surface area contributed by atoms with Crippen LogP contribution in [0.4, 0.5) is 18.9 Å². The monoisotopic (exact) mass is 446 g/mol. The topological polar surface area (TPSA) is 75.2 Å². The molecule has 0 radical (unpaired) electrons. The number of hydrogen-bond donors (Lipinski definition) is 1. The van der Waals surface area contributed by atoms with Crippen molar-refractivity contribution in [1.29, 1.82) is 0 Å². The Bertz CT molecular complexity index is 1140. The molecule has 2 amide bonds. The lowest BCUT2D eigenvalue weighted by Crippen LogP contribution is -2.31. The van der Waals surface area contributed by atoms with Crippen LogP contribution in [0.2, 0.25) is 0 Å². The van der Waals surface area contributed by atoms with Gasteiger partial charge >= 0.3 is 0 Å². The number of rotatable bonds is 5. The molecule has 6 nitrogen and oxygen atoms in total. The van der Waals surface area contributed by atoms with Gasteiger partial charge in [-0.05, 0) is 42.7 Å². The minimum atomic E-state index is -1.07. The van der Waals surface area contributed by atoms with Crippen LogP contribution in [0.15, 0.2) is 42.5 Å². The summed E-state index contributed by atoms with van der Waals surface area (Å²) in [5.41, 5.74) is 0.674. The summed E-state index contributed by atoms with van der Waals surface area (Å²) in [6.07, 6.45) is 1.51. The lowest BCUT2D eigenvalue weighted by molar-refractivity contribution is -0.131. The van der Waals surface area contributed by atoms with E-state index in [1.165, 1.54) is 18.2 Å². The second kappa shape index (κ2) is 8.84. The molecular weight excluding hydrogens is 429 g/mol. The molecule has 1 atom stereocenters. The van der Waals surface area contributed by atoms with Gasteiger partial charge in [0, 0.05) is 18.3 Å². The molecule has 2 aromatic carbocycles. The molecule has 2 heterocycles. The third kappa shape index (κ3) is 4.74. The average Bonchev–Trinajstić information content (AvgIpc) is 3.40. The standard InChI is InChI=1S/C21H17F3N4O2S/c22-13-4-1-3-12(9-13)10-18(29)28-8-2-5-17(28)20-26-27-21(31-20)19(30)25-14-6-7-15(23)16(24)11-14/h1,3-4,6-7,9,11,17H,2,5,8,10H2,(H,25,30)/t17-/m1/s1.